The fourth-order valence-electron chi connectivity index (χ4n) is 1.85. The van der Waals surface area contributed by atoms with Crippen LogP contribution < -0.4 is 10.1 Å². The number of morpholine rings is 1. The van der Waals surface area contributed by atoms with E-state index in [2.05, 4.69) is 39.9 Å². The SMILES string of the molecule is CC(C)NCc1cc(S(=O)(=O)NN2CCOCC2)c(Br)s1. The number of sulfonamides is 1. The molecule has 1 fully saturated rings. The van der Waals surface area contributed by atoms with Gasteiger partial charge >= 0.3 is 0 Å². The minimum Gasteiger partial charge on any atom is -0.379 e. The average molecular weight is 398 g/mol. The number of nitrogens with one attached hydrogen (secondary N) is 2. The molecule has 9 heteroatoms. The lowest BCUT2D eigenvalue weighted by Gasteiger charge is -2.26. The molecule has 2 heterocycles. The van der Waals surface area contributed by atoms with E-state index in [0.29, 0.717) is 47.6 Å². The van der Waals surface area contributed by atoms with Gasteiger partial charge in [-0.25, -0.2) is 13.4 Å². The van der Waals surface area contributed by atoms with E-state index < -0.39 is 10.0 Å². The molecule has 21 heavy (non-hydrogen) atoms. The van der Waals surface area contributed by atoms with Crippen LogP contribution in [0.3, 0.4) is 0 Å². The van der Waals surface area contributed by atoms with E-state index in [0.717, 1.165) is 4.88 Å². The zero-order chi connectivity index (χ0) is 15.5. The number of halogens is 1. The smallest absolute Gasteiger partial charge is 0.255 e. The highest BCUT2D eigenvalue weighted by molar-refractivity contribution is 9.11. The van der Waals surface area contributed by atoms with Crippen LogP contribution in [0.5, 0.6) is 0 Å². The number of hydrogen-bond donors (Lipinski definition) is 2. The molecular weight excluding hydrogens is 378 g/mol. The summed E-state index contributed by atoms with van der Waals surface area (Å²) in [5.74, 6) is 0. The molecular formula is C12H20BrN3O3S2. The molecule has 0 unspecified atom stereocenters. The summed E-state index contributed by atoms with van der Waals surface area (Å²) in [6.45, 7) is 6.97. The minimum atomic E-state index is -3.55. The van der Waals surface area contributed by atoms with E-state index in [1.165, 1.54) is 11.3 Å². The van der Waals surface area contributed by atoms with Crippen LogP contribution in [0.4, 0.5) is 0 Å². The van der Waals surface area contributed by atoms with E-state index in [9.17, 15) is 8.42 Å². The van der Waals surface area contributed by atoms with E-state index in [4.69, 9.17) is 4.74 Å². The van der Waals surface area contributed by atoms with Gasteiger partial charge in [-0.05, 0) is 22.0 Å². The second kappa shape index (κ2) is 7.49. The molecule has 0 radical (unpaired) electrons. The van der Waals surface area contributed by atoms with Crippen molar-refractivity contribution in [1.29, 1.82) is 0 Å². The van der Waals surface area contributed by atoms with Gasteiger partial charge in [0.15, 0.2) is 0 Å². The molecule has 120 valence electrons. The van der Waals surface area contributed by atoms with Crippen molar-refractivity contribution >= 4 is 37.3 Å². The van der Waals surface area contributed by atoms with Crippen molar-refractivity contribution in [3.8, 4) is 0 Å². The number of nitrogens with zero attached hydrogens (tertiary/aromatic N) is 1. The summed E-state index contributed by atoms with van der Waals surface area (Å²) in [4.78, 5) is 3.89. The molecule has 0 aromatic carbocycles. The maximum Gasteiger partial charge on any atom is 0.255 e. The Morgan fingerprint density at radius 3 is 2.71 bits per heavy atom. The highest BCUT2D eigenvalue weighted by atomic mass is 79.9. The number of rotatable bonds is 6. The first kappa shape index (κ1) is 17.3. The molecule has 1 aromatic heterocycles. The standard InChI is InChI=1S/C12H20BrN3O3S2/c1-9(2)14-8-10-7-11(12(13)20-10)21(17,18)15-16-3-5-19-6-4-16/h7,9,14-15H,3-6,8H2,1-2H3. The molecule has 1 aromatic rings. The first-order valence-corrected chi connectivity index (χ1v) is 9.84. The van der Waals surface area contributed by atoms with E-state index in [-0.39, 0.29) is 0 Å². The van der Waals surface area contributed by atoms with Gasteiger partial charge in [-0.3, -0.25) is 0 Å². The second-order valence-electron chi connectivity index (χ2n) is 5.08. The second-order valence-corrected chi connectivity index (χ2v) is 9.16. The average Bonchev–Trinajstić information content (AvgIpc) is 2.79. The van der Waals surface area contributed by atoms with Crippen molar-refractivity contribution < 1.29 is 13.2 Å². The fourth-order valence-corrected chi connectivity index (χ4v) is 5.60. The highest BCUT2D eigenvalue weighted by Gasteiger charge is 2.24. The molecule has 0 bridgehead atoms. The van der Waals surface area contributed by atoms with Gasteiger partial charge in [0, 0.05) is 30.6 Å². The summed E-state index contributed by atoms with van der Waals surface area (Å²) in [5, 5.41) is 4.96. The number of ether oxygens (including phenoxy) is 1. The summed E-state index contributed by atoms with van der Waals surface area (Å²) in [6, 6.07) is 2.07. The summed E-state index contributed by atoms with van der Waals surface area (Å²) in [7, 11) is -3.55. The molecule has 6 nitrogen and oxygen atoms in total. The highest BCUT2D eigenvalue weighted by Crippen LogP contribution is 2.31. The quantitative estimate of drug-likeness (QED) is 0.761. The molecule has 0 saturated carbocycles. The van der Waals surface area contributed by atoms with Gasteiger partial charge < -0.3 is 10.1 Å². The summed E-state index contributed by atoms with van der Waals surface area (Å²) >= 11 is 4.79. The Bertz CT molecular complexity index is 568. The molecule has 1 aliphatic rings. The molecule has 0 aliphatic carbocycles. The molecule has 0 amide bonds. The van der Waals surface area contributed by atoms with Gasteiger partial charge in [0.2, 0.25) is 0 Å². The Morgan fingerprint density at radius 1 is 1.43 bits per heavy atom. The predicted octanol–water partition coefficient (Wildman–Crippen LogP) is 1.53. The van der Waals surface area contributed by atoms with Crippen molar-refractivity contribution in [3.05, 3.63) is 14.7 Å². The zero-order valence-corrected chi connectivity index (χ0v) is 15.3. The molecule has 1 aliphatic heterocycles. The normalized spacial score (nSPS) is 17.5. The van der Waals surface area contributed by atoms with Crippen LogP contribution >= 0.6 is 27.3 Å². The van der Waals surface area contributed by atoms with Crippen LogP contribution in [0.1, 0.15) is 18.7 Å². The first-order valence-electron chi connectivity index (χ1n) is 6.75. The maximum atomic E-state index is 12.4. The van der Waals surface area contributed by atoms with Gasteiger partial charge in [0.25, 0.3) is 10.0 Å². The third-order valence-corrected chi connectivity index (χ3v) is 6.57. The van der Waals surface area contributed by atoms with Crippen molar-refractivity contribution in [2.75, 3.05) is 26.3 Å². The Morgan fingerprint density at radius 2 is 2.10 bits per heavy atom. The van der Waals surface area contributed by atoms with Gasteiger partial charge in [0.1, 0.15) is 4.90 Å². The lowest BCUT2D eigenvalue weighted by molar-refractivity contribution is 0.0272. The maximum absolute atomic E-state index is 12.4. The topological polar surface area (TPSA) is 70.7 Å². The van der Waals surface area contributed by atoms with E-state index in [1.54, 1.807) is 11.1 Å². The molecule has 0 spiro atoms. The van der Waals surface area contributed by atoms with Crippen molar-refractivity contribution in [1.82, 2.24) is 15.2 Å². The van der Waals surface area contributed by atoms with E-state index >= 15 is 0 Å². The number of thiophene rings is 1. The summed E-state index contributed by atoms with van der Waals surface area (Å²) in [5.41, 5.74) is 0. The van der Waals surface area contributed by atoms with Gasteiger partial charge in [0.05, 0.1) is 17.0 Å². The third-order valence-electron chi connectivity index (χ3n) is 2.94. The Hall–Kier alpha value is -0.0300. The Kier molecular flexibility index (Phi) is 6.18. The molecule has 0 atom stereocenters. The van der Waals surface area contributed by atoms with Crippen LogP contribution in [0.15, 0.2) is 14.7 Å². The molecule has 2 N–H and O–H groups in total. The number of hydrogen-bond acceptors (Lipinski definition) is 6. The van der Waals surface area contributed by atoms with E-state index in [1.807, 2.05) is 0 Å². The number of hydrazine groups is 1. The third kappa shape index (κ3) is 4.98. The lowest BCUT2D eigenvalue weighted by atomic mass is 10.4. The molecule has 2 rings (SSSR count). The Balaban J connectivity index is 2.08. The van der Waals surface area contributed by atoms with Crippen molar-refractivity contribution in [3.63, 3.8) is 0 Å². The predicted molar refractivity (Wildman–Crippen MR) is 86.7 cm³/mol. The van der Waals surface area contributed by atoms with Crippen molar-refractivity contribution in [2.45, 2.75) is 31.3 Å². The monoisotopic (exact) mass is 397 g/mol. The summed E-state index contributed by atoms with van der Waals surface area (Å²) in [6.07, 6.45) is 0. The van der Waals surface area contributed by atoms with Crippen LogP contribution in [-0.4, -0.2) is 45.8 Å². The largest absolute Gasteiger partial charge is 0.379 e. The van der Waals surface area contributed by atoms with Crippen LogP contribution in [0.25, 0.3) is 0 Å². The lowest BCUT2D eigenvalue weighted by Crippen LogP contribution is -2.48. The molecule has 1 saturated heterocycles. The van der Waals surface area contributed by atoms with Crippen LogP contribution in [0.2, 0.25) is 0 Å². The first-order chi connectivity index (χ1) is 9.88. The Labute approximate surface area is 138 Å². The van der Waals surface area contributed by atoms with Gasteiger partial charge in [-0.2, -0.15) is 0 Å². The van der Waals surface area contributed by atoms with Crippen LogP contribution in [0, 0.1) is 0 Å². The van der Waals surface area contributed by atoms with Gasteiger partial charge in [-0.15, -0.1) is 16.2 Å². The minimum absolute atomic E-state index is 0.291. The summed E-state index contributed by atoms with van der Waals surface area (Å²) < 4.78 is 30.7. The van der Waals surface area contributed by atoms with Crippen LogP contribution in [-0.2, 0) is 21.3 Å². The van der Waals surface area contributed by atoms with Gasteiger partial charge in [-0.1, -0.05) is 13.8 Å². The fraction of sp³-hybridized carbons (Fsp3) is 0.667. The zero-order valence-electron chi connectivity index (χ0n) is 12.1. The van der Waals surface area contributed by atoms with Crippen molar-refractivity contribution in [2.24, 2.45) is 0 Å².